The minimum Gasteiger partial charge on any atom is -0.100 e. The molecule has 0 aromatic heterocycles. The highest BCUT2D eigenvalue weighted by Crippen LogP contribution is 2.30. The minimum absolute atomic E-state index is 0.681. The predicted octanol–water partition coefficient (Wildman–Crippen LogP) is 11.9. The smallest absolute Gasteiger partial charge is 0.0185 e. The van der Waals surface area contributed by atoms with E-state index in [9.17, 15) is 0 Å². The van der Waals surface area contributed by atoms with E-state index in [1.54, 1.807) is 5.56 Å². The minimum atomic E-state index is 0.681. The zero-order valence-corrected chi connectivity index (χ0v) is 25.0. The number of allylic oxidation sites excluding steroid dienone is 2. The molecular formula is C33H62. The van der Waals surface area contributed by atoms with Crippen LogP contribution < -0.4 is 0 Å². The van der Waals surface area contributed by atoms with Crippen molar-refractivity contribution in [3.05, 3.63) is 59.2 Å². The first kappa shape index (κ1) is 36.3. The first-order chi connectivity index (χ1) is 15.4. The molecule has 0 aliphatic heterocycles. The summed E-state index contributed by atoms with van der Waals surface area (Å²) in [6.45, 7) is 33.7. The Morgan fingerprint density at radius 2 is 1.27 bits per heavy atom. The molecule has 0 N–H and O–H groups in total. The largest absolute Gasteiger partial charge is 0.100 e. The van der Waals surface area contributed by atoms with Crippen LogP contribution in [0.5, 0.6) is 0 Å². The summed E-state index contributed by atoms with van der Waals surface area (Å²) in [4.78, 5) is 0. The second-order valence-electron chi connectivity index (χ2n) is 10.3. The molecule has 1 aromatic rings. The van der Waals surface area contributed by atoms with Crippen LogP contribution in [0.3, 0.4) is 0 Å². The number of hydrogen-bond acceptors (Lipinski definition) is 0. The van der Waals surface area contributed by atoms with Crippen molar-refractivity contribution in [2.75, 3.05) is 0 Å². The van der Waals surface area contributed by atoms with Crippen LogP contribution in [-0.2, 0) is 6.42 Å². The van der Waals surface area contributed by atoms with E-state index < -0.39 is 0 Å². The molecule has 1 rings (SSSR count). The van der Waals surface area contributed by atoms with Gasteiger partial charge in [0.2, 0.25) is 0 Å². The Kier molecular flexibility index (Phi) is 26.2. The summed E-state index contributed by atoms with van der Waals surface area (Å²) in [5.74, 6) is 2.33. The quantitative estimate of drug-likeness (QED) is 0.241. The maximum absolute atomic E-state index is 3.67. The molecule has 0 saturated carbocycles. The Hall–Kier alpha value is -1.30. The summed E-state index contributed by atoms with van der Waals surface area (Å²) in [6, 6.07) is 6.98. The van der Waals surface area contributed by atoms with Gasteiger partial charge in [-0.15, -0.1) is 13.2 Å². The number of aryl methyl sites for hydroxylation is 2. The van der Waals surface area contributed by atoms with E-state index in [1.165, 1.54) is 60.8 Å². The average Bonchev–Trinajstić information content (AvgIpc) is 2.77. The molecule has 3 atom stereocenters. The fraction of sp³-hybridized carbons (Fsp3) is 0.697. The Morgan fingerprint density at radius 3 is 1.61 bits per heavy atom. The van der Waals surface area contributed by atoms with E-state index in [0.717, 1.165) is 24.7 Å². The molecule has 0 aliphatic rings. The van der Waals surface area contributed by atoms with E-state index in [4.69, 9.17) is 0 Å². The second-order valence-corrected chi connectivity index (χ2v) is 10.3. The van der Waals surface area contributed by atoms with Gasteiger partial charge >= 0.3 is 0 Å². The third-order valence-corrected chi connectivity index (χ3v) is 6.18. The lowest BCUT2D eigenvalue weighted by Crippen LogP contribution is -2.11. The van der Waals surface area contributed by atoms with Crippen molar-refractivity contribution in [1.82, 2.24) is 0 Å². The molecule has 1 aromatic carbocycles. The Bertz CT molecular complexity index is 584. The van der Waals surface area contributed by atoms with Gasteiger partial charge in [0.25, 0.3) is 0 Å². The third-order valence-electron chi connectivity index (χ3n) is 6.18. The van der Waals surface area contributed by atoms with Crippen molar-refractivity contribution < 1.29 is 0 Å². The lowest BCUT2D eigenvalue weighted by atomic mass is 9.82. The molecule has 0 heteroatoms. The summed E-state index contributed by atoms with van der Waals surface area (Å²) in [5.41, 5.74) is 6.91. The van der Waals surface area contributed by atoms with Crippen molar-refractivity contribution in [3.63, 3.8) is 0 Å². The fourth-order valence-corrected chi connectivity index (χ4v) is 3.26. The van der Waals surface area contributed by atoms with Crippen LogP contribution in [0, 0.1) is 18.8 Å². The van der Waals surface area contributed by atoms with Crippen LogP contribution in [0.15, 0.2) is 42.5 Å². The van der Waals surface area contributed by atoms with Crippen LogP contribution in [0.2, 0.25) is 0 Å². The average molecular weight is 459 g/mol. The molecular weight excluding hydrogens is 396 g/mol. The van der Waals surface area contributed by atoms with Gasteiger partial charge in [0, 0.05) is 0 Å². The van der Waals surface area contributed by atoms with E-state index in [1.807, 2.05) is 20.8 Å². The predicted molar refractivity (Wildman–Crippen MR) is 158 cm³/mol. The normalized spacial score (nSPS) is 12.5. The molecule has 0 amide bonds. The molecule has 0 fully saturated rings. The summed E-state index contributed by atoms with van der Waals surface area (Å²) in [7, 11) is 0. The highest BCUT2D eigenvalue weighted by Gasteiger charge is 2.16. The second kappa shape index (κ2) is 23.8. The van der Waals surface area contributed by atoms with Gasteiger partial charge in [-0.2, -0.15) is 0 Å². The number of benzene rings is 1. The van der Waals surface area contributed by atoms with Crippen LogP contribution in [0.4, 0.5) is 0 Å². The highest BCUT2D eigenvalue weighted by atomic mass is 14.2. The Balaban J connectivity index is -0.000000489. The summed E-state index contributed by atoms with van der Waals surface area (Å²) in [5, 5.41) is 0. The third kappa shape index (κ3) is 23.6. The number of rotatable bonds is 10. The van der Waals surface area contributed by atoms with E-state index in [0.29, 0.717) is 5.92 Å². The van der Waals surface area contributed by atoms with Crippen LogP contribution in [0.1, 0.15) is 144 Å². The molecule has 0 radical (unpaired) electrons. The standard InChI is InChI=1S/C18H30.C6H14.C5H10.C4H8/c1-7-13(3)15(5)11-16(6)18-12-17(8-2)10-9-14(18)4;1-3-5-6-4-2;1-4-5(2)3;1-4(2)3/h9-10,12-13,15-16H,7-8,11H2,1-6H3;3-6H2,1-2H3;2,4H2,1,3H3;1H2,2-3H3. The summed E-state index contributed by atoms with van der Waals surface area (Å²) >= 11 is 0. The maximum atomic E-state index is 3.67. The van der Waals surface area contributed by atoms with Gasteiger partial charge < -0.3 is 0 Å². The summed E-state index contributed by atoms with van der Waals surface area (Å²) < 4.78 is 0. The molecule has 0 saturated heterocycles. The first-order valence-electron chi connectivity index (χ1n) is 13.8. The van der Waals surface area contributed by atoms with E-state index in [-0.39, 0.29) is 0 Å². The molecule has 0 aliphatic carbocycles. The van der Waals surface area contributed by atoms with Gasteiger partial charge in [-0.1, -0.05) is 117 Å². The molecule has 0 bridgehead atoms. The van der Waals surface area contributed by atoms with Crippen molar-refractivity contribution >= 4 is 0 Å². The van der Waals surface area contributed by atoms with E-state index >= 15 is 0 Å². The lowest BCUT2D eigenvalue weighted by Gasteiger charge is -2.24. The molecule has 0 nitrogen and oxygen atoms in total. The number of unbranched alkanes of at least 4 members (excludes halogenated alkanes) is 3. The molecule has 0 heterocycles. The van der Waals surface area contributed by atoms with Crippen LogP contribution in [0.25, 0.3) is 0 Å². The van der Waals surface area contributed by atoms with Gasteiger partial charge in [0.15, 0.2) is 0 Å². The molecule has 33 heavy (non-hydrogen) atoms. The van der Waals surface area contributed by atoms with Crippen molar-refractivity contribution in [2.24, 2.45) is 11.8 Å². The maximum Gasteiger partial charge on any atom is -0.0185 e. The highest BCUT2D eigenvalue weighted by molar-refractivity contribution is 5.33. The zero-order chi connectivity index (χ0) is 26.4. The SMILES string of the molecule is C=C(C)C.C=C(C)CC.CCCCCC.CCc1ccc(C)c(C(C)CC(C)C(C)CC)c1. The van der Waals surface area contributed by atoms with Gasteiger partial charge in [-0.05, 0) is 81.4 Å². The fourth-order valence-electron chi connectivity index (χ4n) is 3.26. The van der Waals surface area contributed by atoms with E-state index in [2.05, 4.69) is 93.7 Å². The molecule has 194 valence electrons. The first-order valence-corrected chi connectivity index (χ1v) is 13.8. The molecule has 0 spiro atoms. The van der Waals surface area contributed by atoms with Crippen LogP contribution in [-0.4, -0.2) is 0 Å². The Labute approximate surface area is 211 Å². The van der Waals surface area contributed by atoms with Gasteiger partial charge in [-0.25, -0.2) is 0 Å². The molecule has 3 unspecified atom stereocenters. The lowest BCUT2D eigenvalue weighted by molar-refractivity contribution is 0.336. The van der Waals surface area contributed by atoms with Crippen molar-refractivity contribution in [1.29, 1.82) is 0 Å². The van der Waals surface area contributed by atoms with Crippen molar-refractivity contribution in [3.8, 4) is 0 Å². The monoisotopic (exact) mass is 458 g/mol. The number of hydrogen-bond donors (Lipinski definition) is 0. The summed E-state index contributed by atoms with van der Waals surface area (Å²) in [6.07, 6.45) is 10.4. The Morgan fingerprint density at radius 1 is 0.818 bits per heavy atom. The van der Waals surface area contributed by atoms with Gasteiger partial charge in [-0.3, -0.25) is 0 Å². The van der Waals surface area contributed by atoms with Gasteiger partial charge in [0.1, 0.15) is 0 Å². The topological polar surface area (TPSA) is 0 Å². The van der Waals surface area contributed by atoms with Gasteiger partial charge in [0.05, 0.1) is 0 Å². The zero-order valence-electron chi connectivity index (χ0n) is 25.0. The van der Waals surface area contributed by atoms with Crippen LogP contribution >= 0.6 is 0 Å². The van der Waals surface area contributed by atoms with Crippen molar-refractivity contribution in [2.45, 2.75) is 140 Å².